The van der Waals surface area contributed by atoms with Gasteiger partial charge in [0.15, 0.2) is 5.76 Å². The third-order valence-corrected chi connectivity index (χ3v) is 3.46. The number of carbonyl (C=O) groups is 2. The van der Waals surface area contributed by atoms with E-state index in [9.17, 15) is 9.59 Å². The summed E-state index contributed by atoms with van der Waals surface area (Å²) < 4.78 is 4.95. The average molecular weight is 279 g/mol. The van der Waals surface area contributed by atoms with Gasteiger partial charge >= 0.3 is 0 Å². The summed E-state index contributed by atoms with van der Waals surface area (Å²) in [7, 11) is 1.94. The second-order valence-corrected chi connectivity index (χ2v) is 5.16. The molecule has 1 atom stereocenters. The van der Waals surface area contributed by atoms with Crippen molar-refractivity contribution >= 4 is 11.8 Å². The van der Waals surface area contributed by atoms with Gasteiger partial charge in [-0.05, 0) is 51.0 Å². The standard InChI is InChI=1S/C14H21N3O3/c1-15-8-11-4-2-6-17(9-11)10-13(18)16-14(19)12-5-3-7-20-12/h3,5,7,11,15H,2,4,6,8-10H2,1H3,(H,16,18,19). The summed E-state index contributed by atoms with van der Waals surface area (Å²) in [5.41, 5.74) is 0. The fourth-order valence-corrected chi connectivity index (χ4v) is 2.59. The molecule has 110 valence electrons. The first-order valence-corrected chi connectivity index (χ1v) is 6.93. The van der Waals surface area contributed by atoms with Crippen LogP contribution in [0.2, 0.25) is 0 Å². The van der Waals surface area contributed by atoms with E-state index in [4.69, 9.17) is 4.42 Å². The Kier molecular flexibility index (Phi) is 5.31. The second-order valence-electron chi connectivity index (χ2n) is 5.16. The van der Waals surface area contributed by atoms with Crippen molar-refractivity contribution in [3.8, 4) is 0 Å². The molecule has 0 aromatic carbocycles. The number of carbonyl (C=O) groups excluding carboxylic acids is 2. The maximum absolute atomic E-state index is 11.9. The smallest absolute Gasteiger partial charge is 0.293 e. The van der Waals surface area contributed by atoms with E-state index in [1.807, 2.05) is 7.05 Å². The number of rotatable bonds is 5. The predicted molar refractivity (Wildman–Crippen MR) is 74.3 cm³/mol. The molecule has 1 saturated heterocycles. The zero-order valence-corrected chi connectivity index (χ0v) is 11.7. The molecule has 0 aliphatic carbocycles. The number of likely N-dealkylation sites (tertiary alicyclic amines) is 1. The molecule has 2 amide bonds. The van der Waals surface area contributed by atoms with E-state index < -0.39 is 5.91 Å². The molecule has 6 nitrogen and oxygen atoms in total. The van der Waals surface area contributed by atoms with Crippen LogP contribution in [0.5, 0.6) is 0 Å². The summed E-state index contributed by atoms with van der Waals surface area (Å²) in [6.07, 6.45) is 3.68. The van der Waals surface area contributed by atoms with Gasteiger partial charge in [0, 0.05) is 6.54 Å². The lowest BCUT2D eigenvalue weighted by Gasteiger charge is -2.31. The van der Waals surface area contributed by atoms with Crippen LogP contribution in [0.15, 0.2) is 22.8 Å². The first kappa shape index (κ1) is 14.7. The van der Waals surface area contributed by atoms with Gasteiger partial charge in [-0.3, -0.25) is 19.8 Å². The lowest BCUT2D eigenvalue weighted by molar-refractivity contribution is -0.121. The minimum Gasteiger partial charge on any atom is -0.459 e. The minimum absolute atomic E-state index is 0.157. The van der Waals surface area contributed by atoms with Gasteiger partial charge in [0.1, 0.15) is 0 Å². The van der Waals surface area contributed by atoms with Crippen molar-refractivity contribution in [3.05, 3.63) is 24.2 Å². The molecule has 1 aliphatic rings. The molecule has 2 N–H and O–H groups in total. The highest BCUT2D eigenvalue weighted by molar-refractivity contribution is 6.03. The van der Waals surface area contributed by atoms with Gasteiger partial charge in [-0.1, -0.05) is 0 Å². The highest BCUT2D eigenvalue weighted by Gasteiger charge is 2.22. The summed E-state index contributed by atoms with van der Waals surface area (Å²) in [6.45, 7) is 3.02. The van der Waals surface area contributed by atoms with Gasteiger partial charge in [0.05, 0.1) is 12.8 Å². The van der Waals surface area contributed by atoms with E-state index in [-0.39, 0.29) is 18.2 Å². The number of furan rings is 1. The lowest BCUT2D eigenvalue weighted by Crippen LogP contribution is -2.45. The van der Waals surface area contributed by atoms with Crippen molar-refractivity contribution in [1.82, 2.24) is 15.5 Å². The van der Waals surface area contributed by atoms with Crippen LogP contribution in [0.3, 0.4) is 0 Å². The number of nitrogens with one attached hydrogen (secondary N) is 2. The van der Waals surface area contributed by atoms with Crippen LogP contribution >= 0.6 is 0 Å². The Hall–Kier alpha value is -1.66. The molecule has 1 aromatic rings. The molecular formula is C14H21N3O3. The van der Waals surface area contributed by atoms with E-state index in [2.05, 4.69) is 15.5 Å². The number of piperidine rings is 1. The van der Waals surface area contributed by atoms with Crippen LogP contribution in [0.1, 0.15) is 23.4 Å². The molecule has 0 spiro atoms. The van der Waals surface area contributed by atoms with Crippen LogP contribution in [-0.4, -0.2) is 49.9 Å². The Morgan fingerprint density at radius 3 is 3.05 bits per heavy atom. The van der Waals surface area contributed by atoms with Gasteiger partial charge in [0.2, 0.25) is 5.91 Å². The number of nitrogens with zero attached hydrogens (tertiary/aromatic N) is 1. The SMILES string of the molecule is CNCC1CCCN(CC(=O)NC(=O)c2ccco2)C1. The van der Waals surface area contributed by atoms with Crippen LogP contribution in [0.4, 0.5) is 0 Å². The quantitative estimate of drug-likeness (QED) is 0.819. The normalized spacial score (nSPS) is 19.8. The number of imide groups is 1. The molecule has 1 fully saturated rings. The minimum atomic E-state index is -0.483. The first-order valence-electron chi connectivity index (χ1n) is 6.93. The zero-order valence-electron chi connectivity index (χ0n) is 11.7. The lowest BCUT2D eigenvalue weighted by atomic mass is 9.98. The Morgan fingerprint density at radius 1 is 1.50 bits per heavy atom. The number of hydrogen-bond donors (Lipinski definition) is 2. The van der Waals surface area contributed by atoms with Crippen LogP contribution in [0.25, 0.3) is 0 Å². The van der Waals surface area contributed by atoms with Gasteiger partial charge in [-0.15, -0.1) is 0 Å². The van der Waals surface area contributed by atoms with E-state index in [1.165, 1.54) is 18.8 Å². The summed E-state index contributed by atoms with van der Waals surface area (Å²) in [6, 6.07) is 3.15. The van der Waals surface area contributed by atoms with Gasteiger partial charge < -0.3 is 9.73 Å². The monoisotopic (exact) mass is 279 g/mol. The van der Waals surface area contributed by atoms with Gasteiger partial charge in [-0.25, -0.2) is 0 Å². The highest BCUT2D eigenvalue weighted by atomic mass is 16.3. The average Bonchev–Trinajstić information content (AvgIpc) is 2.93. The van der Waals surface area contributed by atoms with Crippen molar-refractivity contribution in [2.45, 2.75) is 12.8 Å². The molecule has 20 heavy (non-hydrogen) atoms. The molecular weight excluding hydrogens is 258 g/mol. The largest absolute Gasteiger partial charge is 0.459 e. The van der Waals surface area contributed by atoms with Crippen LogP contribution in [-0.2, 0) is 4.79 Å². The maximum atomic E-state index is 11.9. The number of hydrogen-bond acceptors (Lipinski definition) is 5. The first-order chi connectivity index (χ1) is 9.69. The Bertz CT molecular complexity index is 443. The Balaban J connectivity index is 1.78. The summed E-state index contributed by atoms with van der Waals surface area (Å²) >= 11 is 0. The maximum Gasteiger partial charge on any atom is 0.293 e. The molecule has 1 aromatic heterocycles. The summed E-state index contributed by atoms with van der Waals surface area (Å²) in [5.74, 6) is -0.0346. The summed E-state index contributed by atoms with van der Waals surface area (Å²) in [5, 5.41) is 5.52. The van der Waals surface area contributed by atoms with E-state index >= 15 is 0 Å². The van der Waals surface area contributed by atoms with Crippen molar-refractivity contribution in [2.75, 3.05) is 33.2 Å². The fraction of sp³-hybridized carbons (Fsp3) is 0.571. The Morgan fingerprint density at radius 2 is 2.35 bits per heavy atom. The fourth-order valence-electron chi connectivity index (χ4n) is 2.59. The summed E-state index contributed by atoms with van der Waals surface area (Å²) in [4.78, 5) is 25.6. The van der Waals surface area contributed by atoms with E-state index in [1.54, 1.807) is 6.07 Å². The Labute approximate surface area is 118 Å². The van der Waals surface area contributed by atoms with E-state index in [0.29, 0.717) is 5.92 Å². The molecule has 2 heterocycles. The molecule has 0 radical (unpaired) electrons. The van der Waals surface area contributed by atoms with Crippen LogP contribution < -0.4 is 10.6 Å². The predicted octanol–water partition coefficient (Wildman–Crippen LogP) is 0.467. The van der Waals surface area contributed by atoms with Crippen LogP contribution in [0, 0.1) is 5.92 Å². The molecule has 6 heteroatoms. The van der Waals surface area contributed by atoms with Gasteiger partial charge in [0.25, 0.3) is 5.91 Å². The second kappa shape index (κ2) is 7.21. The van der Waals surface area contributed by atoms with Gasteiger partial charge in [-0.2, -0.15) is 0 Å². The third kappa shape index (κ3) is 4.18. The van der Waals surface area contributed by atoms with Crippen molar-refractivity contribution in [3.63, 3.8) is 0 Å². The molecule has 0 bridgehead atoms. The molecule has 2 rings (SSSR count). The zero-order chi connectivity index (χ0) is 14.4. The third-order valence-electron chi connectivity index (χ3n) is 3.46. The number of amides is 2. The van der Waals surface area contributed by atoms with Crippen molar-refractivity contribution in [1.29, 1.82) is 0 Å². The van der Waals surface area contributed by atoms with Crippen molar-refractivity contribution < 1.29 is 14.0 Å². The van der Waals surface area contributed by atoms with E-state index in [0.717, 1.165) is 26.1 Å². The topological polar surface area (TPSA) is 74.6 Å². The van der Waals surface area contributed by atoms with Crippen molar-refractivity contribution in [2.24, 2.45) is 5.92 Å². The molecule has 0 saturated carbocycles. The molecule has 1 unspecified atom stereocenters. The highest BCUT2D eigenvalue weighted by Crippen LogP contribution is 2.15. The molecule has 1 aliphatic heterocycles.